The second-order valence-corrected chi connectivity index (χ2v) is 7.16. The van der Waals surface area contributed by atoms with Gasteiger partial charge in [-0.1, -0.05) is 0 Å². The number of alkyl halides is 3. The molecule has 0 bridgehead atoms. The molecule has 0 spiro atoms. The molecule has 11 heteroatoms. The number of aliphatic hydroxyl groups excluding tert-OH is 1. The summed E-state index contributed by atoms with van der Waals surface area (Å²) >= 11 is 0. The number of anilines is 1. The highest BCUT2D eigenvalue weighted by Gasteiger charge is 2.54. The predicted octanol–water partition coefficient (Wildman–Crippen LogP) is 1.72. The Labute approximate surface area is 158 Å². The zero-order valence-corrected chi connectivity index (χ0v) is 15.6. The molecule has 1 aromatic carbocycles. The van der Waals surface area contributed by atoms with Gasteiger partial charge in [0.15, 0.2) is 5.96 Å². The molecule has 2 atom stereocenters. The van der Waals surface area contributed by atoms with Crippen molar-refractivity contribution in [3.63, 3.8) is 0 Å². The maximum absolute atomic E-state index is 14.6. The Morgan fingerprint density at radius 1 is 1.32 bits per heavy atom. The van der Waals surface area contributed by atoms with Crippen molar-refractivity contribution in [1.82, 2.24) is 4.90 Å². The van der Waals surface area contributed by atoms with E-state index in [1.807, 2.05) is 5.32 Å². The van der Waals surface area contributed by atoms with Crippen molar-refractivity contribution in [3.05, 3.63) is 29.6 Å². The lowest BCUT2D eigenvalue weighted by Crippen LogP contribution is -2.58. The van der Waals surface area contributed by atoms with Crippen LogP contribution < -0.4 is 11.1 Å². The summed E-state index contributed by atoms with van der Waals surface area (Å²) in [7, 11) is 1.41. The number of nitrogens with one attached hydrogen (secondary N) is 1. The zero-order chi connectivity index (χ0) is 21.7. The molecular formula is C17H20F4N4O3. The second kappa shape index (κ2) is 6.73. The highest BCUT2D eigenvalue weighted by molar-refractivity contribution is 6.01. The van der Waals surface area contributed by atoms with Gasteiger partial charge in [0.05, 0.1) is 5.41 Å². The Hall–Kier alpha value is -2.69. The minimum Gasteiger partial charge on any atom is -0.376 e. The number of aliphatic imine (C=N–C) groups is 1. The first-order chi connectivity index (χ1) is 12.6. The molecule has 1 aromatic rings. The molecule has 0 saturated carbocycles. The molecule has 2 amide bonds. The van der Waals surface area contributed by atoms with Gasteiger partial charge in [0.2, 0.25) is 12.0 Å². The number of amides is 2. The topological polar surface area (TPSA) is 108 Å². The fourth-order valence-electron chi connectivity index (χ4n) is 2.91. The minimum atomic E-state index is -5.15. The van der Waals surface area contributed by atoms with E-state index in [2.05, 4.69) is 4.99 Å². The fourth-order valence-corrected chi connectivity index (χ4v) is 2.91. The number of hydrogen-bond acceptors (Lipinski definition) is 5. The number of nitrogens with zero attached hydrogens (tertiary/aromatic N) is 2. The smallest absolute Gasteiger partial charge is 0.376 e. The van der Waals surface area contributed by atoms with Crippen LogP contribution in [0.15, 0.2) is 23.2 Å². The summed E-state index contributed by atoms with van der Waals surface area (Å²) in [6.45, 7) is 4.51. The van der Waals surface area contributed by atoms with Gasteiger partial charge in [-0.25, -0.2) is 9.38 Å². The molecule has 28 heavy (non-hydrogen) atoms. The van der Waals surface area contributed by atoms with Crippen molar-refractivity contribution >= 4 is 23.5 Å². The Bertz CT molecular complexity index is 853. The van der Waals surface area contributed by atoms with Gasteiger partial charge in [-0.15, -0.1) is 0 Å². The zero-order valence-electron chi connectivity index (χ0n) is 15.6. The van der Waals surface area contributed by atoms with E-state index in [-0.39, 0.29) is 17.2 Å². The summed E-state index contributed by atoms with van der Waals surface area (Å²) in [4.78, 5) is 29.6. The molecule has 1 unspecified atom stereocenters. The van der Waals surface area contributed by atoms with Crippen LogP contribution in [0.5, 0.6) is 0 Å². The maximum atomic E-state index is 14.6. The van der Waals surface area contributed by atoms with Crippen LogP contribution in [0.4, 0.5) is 23.2 Å². The Balaban J connectivity index is 2.51. The number of rotatable bonds is 3. The fraction of sp³-hybridized carbons (Fsp3) is 0.471. The molecule has 0 fully saturated rings. The van der Waals surface area contributed by atoms with Crippen molar-refractivity contribution < 1.29 is 32.3 Å². The molecule has 0 aromatic heterocycles. The van der Waals surface area contributed by atoms with Gasteiger partial charge in [0.1, 0.15) is 11.4 Å². The molecule has 0 saturated heterocycles. The number of halogens is 4. The van der Waals surface area contributed by atoms with Gasteiger partial charge in [-0.2, -0.15) is 13.2 Å². The van der Waals surface area contributed by atoms with Crippen LogP contribution in [-0.4, -0.2) is 47.1 Å². The molecule has 154 valence electrons. The maximum Gasteiger partial charge on any atom is 0.423 e. The SMILES string of the molecule is CN1C(=O)C(C)(C)[C@](C)(c2cc(NC(=O)C(O)C(F)(F)F)ccc2F)N=C1N. The van der Waals surface area contributed by atoms with Crippen molar-refractivity contribution in [2.45, 2.75) is 38.6 Å². The normalized spacial score (nSPS) is 23.2. The van der Waals surface area contributed by atoms with Gasteiger partial charge in [-0.05, 0) is 39.0 Å². The first kappa shape index (κ1) is 21.6. The van der Waals surface area contributed by atoms with Crippen LogP contribution >= 0.6 is 0 Å². The van der Waals surface area contributed by atoms with Crippen LogP contribution in [0.3, 0.4) is 0 Å². The van der Waals surface area contributed by atoms with E-state index in [0.29, 0.717) is 0 Å². The van der Waals surface area contributed by atoms with Crippen molar-refractivity contribution in [3.8, 4) is 0 Å². The van der Waals surface area contributed by atoms with E-state index in [9.17, 15) is 27.2 Å². The summed E-state index contributed by atoms with van der Waals surface area (Å²) in [5, 5.41) is 10.9. The highest BCUT2D eigenvalue weighted by atomic mass is 19.4. The predicted molar refractivity (Wildman–Crippen MR) is 92.6 cm³/mol. The van der Waals surface area contributed by atoms with Gasteiger partial charge in [0.25, 0.3) is 5.91 Å². The summed E-state index contributed by atoms with van der Waals surface area (Å²) in [6, 6.07) is 3.01. The number of hydrogen-bond donors (Lipinski definition) is 3. The van der Waals surface area contributed by atoms with Gasteiger partial charge in [0, 0.05) is 18.3 Å². The summed E-state index contributed by atoms with van der Waals surface area (Å²) in [5.74, 6) is -3.12. The number of carbonyl (C=O) groups is 2. The van der Waals surface area contributed by atoms with Gasteiger partial charge in [-0.3, -0.25) is 14.5 Å². The Kier molecular flexibility index (Phi) is 5.19. The van der Waals surface area contributed by atoms with Crippen molar-refractivity contribution in [2.75, 3.05) is 12.4 Å². The second-order valence-electron chi connectivity index (χ2n) is 7.16. The van der Waals surface area contributed by atoms with Crippen LogP contribution in [-0.2, 0) is 15.1 Å². The minimum absolute atomic E-state index is 0.152. The van der Waals surface area contributed by atoms with Crippen LogP contribution in [0, 0.1) is 11.2 Å². The first-order valence-electron chi connectivity index (χ1n) is 8.12. The van der Waals surface area contributed by atoms with Crippen molar-refractivity contribution in [2.24, 2.45) is 16.1 Å². The van der Waals surface area contributed by atoms with Gasteiger partial charge >= 0.3 is 6.18 Å². The first-order valence-corrected chi connectivity index (χ1v) is 8.12. The average molecular weight is 404 g/mol. The van der Waals surface area contributed by atoms with E-state index < -0.39 is 40.9 Å². The van der Waals surface area contributed by atoms with Crippen molar-refractivity contribution in [1.29, 1.82) is 0 Å². The third-order valence-corrected chi connectivity index (χ3v) is 5.05. The molecule has 0 radical (unpaired) electrons. The quantitative estimate of drug-likeness (QED) is 0.667. The lowest BCUT2D eigenvalue weighted by molar-refractivity contribution is -0.202. The number of aliphatic hydroxyl groups is 1. The van der Waals surface area contributed by atoms with E-state index in [4.69, 9.17) is 10.8 Å². The molecular weight excluding hydrogens is 384 g/mol. The monoisotopic (exact) mass is 404 g/mol. The lowest BCUT2D eigenvalue weighted by Gasteiger charge is -2.46. The highest BCUT2D eigenvalue weighted by Crippen LogP contribution is 2.47. The Morgan fingerprint density at radius 2 is 1.89 bits per heavy atom. The summed E-state index contributed by atoms with van der Waals surface area (Å²) < 4.78 is 52.0. The number of carbonyl (C=O) groups excluding carboxylic acids is 2. The van der Waals surface area contributed by atoms with Gasteiger partial charge < -0.3 is 16.2 Å². The van der Waals surface area contributed by atoms with E-state index in [0.717, 1.165) is 23.1 Å². The number of nitrogens with two attached hydrogens (primary N) is 1. The lowest BCUT2D eigenvalue weighted by atomic mass is 9.67. The average Bonchev–Trinajstić information content (AvgIpc) is 2.58. The largest absolute Gasteiger partial charge is 0.423 e. The molecule has 0 aliphatic carbocycles. The van der Waals surface area contributed by atoms with Crippen LogP contribution in [0.25, 0.3) is 0 Å². The van der Waals surface area contributed by atoms with Crippen LogP contribution in [0.1, 0.15) is 26.3 Å². The molecule has 1 aliphatic rings. The molecule has 1 heterocycles. The third-order valence-electron chi connectivity index (χ3n) is 5.05. The molecule has 2 rings (SSSR count). The molecule has 1 aliphatic heterocycles. The number of guanidine groups is 1. The van der Waals surface area contributed by atoms with E-state index in [1.165, 1.54) is 27.8 Å². The van der Waals surface area contributed by atoms with Crippen LogP contribution in [0.2, 0.25) is 0 Å². The summed E-state index contributed by atoms with van der Waals surface area (Å²) in [5.41, 5.74) is 2.64. The standard InChI is InChI=1S/C17H20F4N4O3/c1-15(2)13(28)25(4)14(22)24-16(15,3)9-7-8(5-6-10(9)18)23-12(27)11(26)17(19,20)21/h5-7,11,26H,1-4H3,(H2,22,24)(H,23,27)/t11?,16-/m0/s1. The summed E-state index contributed by atoms with van der Waals surface area (Å²) in [6.07, 6.45) is -8.40. The van der Waals surface area contributed by atoms with E-state index >= 15 is 0 Å². The Morgan fingerprint density at radius 3 is 2.43 bits per heavy atom. The molecule has 7 nitrogen and oxygen atoms in total. The number of benzene rings is 1. The third kappa shape index (κ3) is 3.41. The van der Waals surface area contributed by atoms with E-state index in [1.54, 1.807) is 0 Å². The molecule has 4 N–H and O–H groups in total.